The summed E-state index contributed by atoms with van der Waals surface area (Å²) in [5.41, 5.74) is 4.32. The number of azo groups is 4. The number of rotatable bonds is 13. The minimum absolute atomic E-state index is 0.00254. The fourth-order valence-corrected chi connectivity index (χ4v) is 8.45. The van der Waals surface area contributed by atoms with Crippen LogP contribution in [-0.2, 0) is 41.4 Å². The second kappa shape index (κ2) is 18.2. The predicted molar refractivity (Wildman–Crippen MR) is 237 cm³/mol. The first kappa shape index (κ1) is 47.1. The molecule has 0 heterocycles. The summed E-state index contributed by atoms with van der Waals surface area (Å²) in [5, 5.41) is 64.3. The number of nitrogen functional groups attached to an aromatic ring is 1. The Labute approximate surface area is 378 Å². The molecule has 67 heavy (non-hydrogen) atoms. The number of aromatic hydroxyl groups is 2. The highest BCUT2D eigenvalue weighted by Crippen LogP contribution is 2.46. The summed E-state index contributed by atoms with van der Waals surface area (Å²) in [5.74, 6) is -1.52. The molecular formula is C38H26N10O15S4. The van der Waals surface area contributed by atoms with Crippen molar-refractivity contribution in [2.24, 2.45) is 40.9 Å². The Kier molecular flexibility index (Phi) is 12.8. The molecule has 0 fully saturated rings. The molecule has 0 radical (unpaired) electrons. The van der Waals surface area contributed by atoms with Crippen molar-refractivity contribution < 1.29 is 62.8 Å². The molecule has 25 nitrogen and oxygen atoms in total. The van der Waals surface area contributed by atoms with Gasteiger partial charge in [0, 0.05) is 22.9 Å². The van der Waals surface area contributed by atoms with E-state index in [0.29, 0.717) is 5.69 Å². The summed E-state index contributed by atoms with van der Waals surface area (Å²) < 4.78 is 123. The average Bonchev–Trinajstić information content (AvgIpc) is 3.26. The van der Waals surface area contributed by atoms with E-state index in [4.69, 9.17) is 10.3 Å². The molecule has 7 rings (SSSR count). The van der Waals surface area contributed by atoms with Crippen LogP contribution in [0.1, 0.15) is 0 Å². The molecule has 0 bridgehead atoms. The van der Waals surface area contributed by atoms with E-state index in [-0.39, 0.29) is 49.5 Å². The van der Waals surface area contributed by atoms with Gasteiger partial charge in [0.1, 0.15) is 37.4 Å². The van der Waals surface area contributed by atoms with Gasteiger partial charge < -0.3 is 20.5 Å². The van der Waals surface area contributed by atoms with Crippen molar-refractivity contribution in [1.82, 2.24) is 0 Å². The van der Waals surface area contributed by atoms with Gasteiger partial charge in [0.2, 0.25) is 0 Å². The predicted octanol–water partition coefficient (Wildman–Crippen LogP) is 9.88. The Bertz CT molecular complexity index is 3700. The van der Waals surface area contributed by atoms with E-state index in [1.807, 2.05) is 0 Å². The van der Waals surface area contributed by atoms with Gasteiger partial charge in [0.05, 0.1) is 43.6 Å². The number of nitro groups is 1. The molecule has 7 aromatic rings. The van der Waals surface area contributed by atoms with E-state index in [1.165, 1.54) is 54.6 Å². The van der Waals surface area contributed by atoms with Crippen LogP contribution in [0.2, 0.25) is 0 Å². The summed E-state index contributed by atoms with van der Waals surface area (Å²) in [7, 11) is -14.5. The summed E-state index contributed by atoms with van der Waals surface area (Å²) in [6.45, 7) is 0. The minimum atomic E-state index is -5.08. The third-order valence-electron chi connectivity index (χ3n) is 9.24. The summed E-state index contributed by atoms with van der Waals surface area (Å²) in [6.07, 6.45) is 0. The molecule has 342 valence electrons. The molecular weight excluding hydrogens is 965 g/mol. The van der Waals surface area contributed by atoms with E-state index in [9.17, 15) is 63.4 Å². The van der Waals surface area contributed by atoms with Crippen LogP contribution < -0.4 is 5.73 Å². The van der Waals surface area contributed by atoms with Crippen LogP contribution in [0.15, 0.2) is 170 Å². The average molecular weight is 991 g/mol. The molecule has 0 saturated heterocycles. The lowest BCUT2D eigenvalue weighted by Gasteiger charge is -2.12. The Morgan fingerprint density at radius 3 is 1.61 bits per heavy atom. The van der Waals surface area contributed by atoms with Crippen molar-refractivity contribution in [3.8, 4) is 11.5 Å². The largest absolute Gasteiger partial charge is 0.505 e. The number of hydrogen-bond acceptors (Lipinski definition) is 20. The Balaban J connectivity index is 1.19. The molecule has 0 aromatic heterocycles. The van der Waals surface area contributed by atoms with Crippen LogP contribution in [0.5, 0.6) is 11.5 Å². The number of non-ortho nitro benzene ring substituents is 1. The second-order valence-corrected chi connectivity index (χ2v) is 18.7. The van der Waals surface area contributed by atoms with Gasteiger partial charge in [0.25, 0.3) is 36.0 Å². The molecule has 1 atom stereocenters. The maximum Gasteiger partial charge on any atom is 0.296 e. The molecule has 0 aliphatic carbocycles. The highest BCUT2D eigenvalue weighted by Gasteiger charge is 2.25. The van der Waals surface area contributed by atoms with Crippen molar-refractivity contribution in [1.29, 1.82) is 0 Å². The van der Waals surface area contributed by atoms with Crippen molar-refractivity contribution in [3.63, 3.8) is 0 Å². The molecule has 0 aliphatic rings. The number of anilines is 1. The first-order chi connectivity index (χ1) is 31.5. The van der Waals surface area contributed by atoms with Crippen LogP contribution in [0.3, 0.4) is 0 Å². The van der Waals surface area contributed by atoms with Gasteiger partial charge >= 0.3 is 0 Å². The standard InChI is InChI=1S/C38H26N10O15S4/c39-35-30(18-32(66(58,59)60)27-12-14-29(38(50)34(27)35)45-44-28-13-8-24(48(51)52)17-31(28)64(53)54)46-43-23-7-11-26-19(15-23)16-33(67(61,62)63)36(37(26)49)47-42-21-3-1-20(2-4-21)40-41-22-5-9-25(10-6-22)65(55,56)57/h1-18,49-50H,39H2,(H,53,54)(H,55,56,57)(H,58,59,60)(H,61,62,63). The first-order valence-electron chi connectivity index (χ1n) is 18.1. The van der Waals surface area contributed by atoms with Crippen LogP contribution in [0.25, 0.3) is 21.5 Å². The summed E-state index contributed by atoms with van der Waals surface area (Å²) in [6, 6.07) is 21.2. The Morgan fingerprint density at radius 1 is 0.537 bits per heavy atom. The zero-order valence-corrected chi connectivity index (χ0v) is 36.3. The molecule has 0 saturated carbocycles. The third kappa shape index (κ3) is 10.3. The Morgan fingerprint density at radius 2 is 1.04 bits per heavy atom. The fourth-order valence-electron chi connectivity index (χ4n) is 6.09. The number of phenols is 2. The number of hydrogen-bond donors (Lipinski definition) is 7. The van der Waals surface area contributed by atoms with Crippen LogP contribution in [0, 0.1) is 10.1 Å². The number of nitrogens with zero attached hydrogens (tertiary/aromatic N) is 9. The zero-order chi connectivity index (χ0) is 48.6. The normalized spacial score (nSPS) is 13.2. The summed E-state index contributed by atoms with van der Waals surface area (Å²) in [4.78, 5) is 7.88. The topological polar surface area (TPSA) is 409 Å². The maximum atomic E-state index is 12.5. The van der Waals surface area contributed by atoms with Gasteiger partial charge in [-0.25, -0.2) is 4.21 Å². The number of nitrogens with two attached hydrogens (primary N) is 1. The zero-order valence-electron chi connectivity index (χ0n) is 33.0. The number of nitro benzene ring substituents is 1. The van der Waals surface area contributed by atoms with Crippen molar-refractivity contribution in [2.75, 3.05) is 5.73 Å². The van der Waals surface area contributed by atoms with Crippen LogP contribution >= 0.6 is 0 Å². The maximum absolute atomic E-state index is 12.5. The first-order valence-corrected chi connectivity index (χ1v) is 23.5. The Hall–Kier alpha value is -7.90. The van der Waals surface area contributed by atoms with Gasteiger partial charge in [0.15, 0.2) is 22.6 Å². The monoisotopic (exact) mass is 990 g/mol. The molecule has 0 aliphatic heterocycles. The van der Waals surface area contributed by atoms with Gasteiger partial charge in [-0.1, -0.05) is 6.07 Å². The number of phenolic OH excluding ortho intramolecular Hbond substituents is 2. The molecule has 0 spiro atoms. The lowest BCUT2D eigenvalue weighted by atomic mass is 10.1. The van der Waals surface area contributed by atoms with E-state index in [0.717, 1.165) is 54.6 Å². The van der Waals surface area contributed by atoms with Crippen molar-refractivity contribution in [3.05, 3.63) is 119 Å². The number of benzene rings is 7. The third-order valence-corrected chi connectivity index (χ3v) is 12.6. The lowest BCUT2D eigenvalue weighted by molar-refractivity contribution is -0.385. The molecule has 8 N–H and O–H groups in total. The molecule has 0 amide bonds. The van der Waals surface area contributed by atoms with Crippen LogP contribution in [-0.4, -0.2) is 62.8 Å². The highest BCUT2D eigenvalue weighted by molar-refractivity contribution is 7.86. The molecule has 7 aromatic carbocycles. The van der Waals surface area contributed by atoms with Gasteiger partial charge in [-0.15, -0.1) is 20.5 Å². The molecule has 29 heteroatoms. The quantitative estimate of drug-likeness (QED) is 0.0141. The van der Waals surface area contributed by atoms with E-state index in [2.05, 4.69) is 40.9 Å². The van der Waals surface area contributed by atoms with Gasteiger partial charge in [-0.05, 0) is 96.4 Å². The summed E-state index contributed by atoms with van der Waals surface area (Å²) >= 11 is -2.76. The van der Waals surface area contributed by atoms with Crippen LogP contribution in [0.4, 0.5) is 56.9 Å². The van der Waals surface area contributed by atoms with Crippen molar-refractivity contribution in [2.45, 2.75) is 19.6 Å². The number of fused-ring (bicyclic) bond motifs is 2. The second-order valence-electron chi connectivity index (χ2n) is 13.5. The van der Waals surface area contributed by atoms with E-state index < -0.39 is 101 Å². The smallest absolute Gasteiger partial charge is 0.296 e. The molecule has 1 unspecified atom stereocenters. The van der Waals surface area contributed by atoms with Gasteiger partial charge in [-0.2, -0.15) is 45.7 Å². The van der Waals surface area contributed by atoms with Crippen molar-refractivity contribution >= 4 is 120 Å². The fraction of sp³-hybridized carbons (Fsp3) is 0. The van der Waals surface area contributed by atoms with E-state index in [1.54, 1.807) is 0 Å². The lowest BCUT2D eigenvalue weighted by Crippen LogP contribution is -2.01. The van der Waals surface area contributed by atoms with Gasteiger partial charge in [-0.3, -0.25) is 23.8 Å². The highest BCUT2D eigenvalue weighted by atomic mass is 32.2. The SMILES string of the molecule is Nc1c(N=Nc2ccc3c(O)c(N=Nc4ccc(N=Nc5ccc(S(=O)(=O)O)cc5)cc4)c(S(=O)(=O)O)cc3c2)cc(S(=O)(=O)O)c2ccc(N=Nc3ccc([N+](=O)[O-])cc3S(=O)O)c(O)c12. The van der Waals surface area contributed by atoms with E-state index >= 15 is 0 Å². The minimum Gasteiger partial charge on any atom is -0.505 e.